The van der Waals surface area contributed by atoms with Gasteiger partial charge in [0.15, 0.2) is 0 Å². The average molecular weight is 491 g/mol. The molecule has 5 heterocycles. The van der Waals surface area contributed by atoms with Crippen LogP contribution in [0.5, 0.6) is 11.8 Å². The number of aromatic nitrogens is 6. The highest BCUT2D eigenvalue weighted by Crippen LogP contribution is 2.44. The van der Waals surface area contributed by atoms with E-state index in [0.29, 0.717) is 35.5 Å². The Morgan fingerprint density at radius 3 is 2.73 bits per heavy atom. The number of aryl methyl sites for hydroxylation is 2. The van der Waals surface area contributed by atoms with Crippen molar-refractivity contribution in [3.8, 4) is 34.3 Å². The zero-order valence-electron chi connectivity index (χ0n) is 20.2. The molecule has 1 aliphatic heterocycles. The lowest BCUT2D eigenvalue weighted by Gasteiger charge is -2.12. The molecule has 0 saturated carbocycles. The highest BCUT2D eigenvalue weighted by Gasteiger charge is 2.28. The summed E-state index contributed by atoms with van der Waals surface area (Å²) in [7, 11) is 1.96. The molecule has 0 fully saturated rings. The maximum atomic E-state index is 11.7. The number of nitrogens with zero attached hydrogens (tertiary/aromatic N) is 6. The van der Waals surface area contributed by atoms with Crippen molar-refractivity contribution in [2.75, 3.05) is 10.6 Å². The van der Waals surface area contributed by atoms with Gasteiger partial charge in [0.1, 0.15) is 17.8 Å². The molecular weight excluding hydrogens is 468 g/mol. The van der Waals surface area contributed by atoms with E-state index in [1.54, 1.807) is 18.6 Å². The fourth-order valence-electron chi connectivity index (χ4n) is 4.50. The van der Waals surface area contributed by atoms with Gasteiger partial charge in [0.05, 0.1) is 35.2 Å². The zero-order chi connectivity index (χ0) is 25.5. The van der Waals surface area contributed by atoms with E-state index in [1.165, 1.54) is 6.08 Å². The number of hydrogen-bond donors (Lipinski definition) is 2. The van der Waals surface area contributed by atoms with Crippen LogP contribution in [-0.4, -0.2) is 35.4 Å². The lowest BCUT2D eigenvalue weighted by atomic mass is 10.0. The first-order valence-corrected chi connectivity index (χ1v) is 11.6. The Morgan fingerprint density at radius 2 is 1.95 bits per heavy atom. The molecule has 6 rings (SSSR count). The number of benzene rings is 1. The average Bonchev–Trinajstić information content (AvgIpc) is 3.10. The van der Waals surface area contributed by atoms with E-state index in [9.17, 15) is 4.79 Å². The molecule has 1 aliphatic rings. The lowest BCUT2D eigenvalue weighted by molar-refractivity contribution is -0.111. The van der Waals surface area contributed by atoms with Gasteiger partial charge in [-0.25, -0.2) is 24.9 Å². The maximum absolute atomic E-state index is 11.7. The smallest absolute Gasteiger partial charge is 0.247 e. The first kappa shape index (κ1) is 22.4. The number of nitrogens with one attached hydrogen (secondary N) is 2. The van der Waals surface area contributed by atoms with Crippen LogP contribution in [0.4, 0.5) is 11.5 Å². The largest absolute Gasteiger partial charge is 0.419 e. The Morgan fingerprint density at radius 1 is 1.11 bits per heavy atom. The van der Waals surface area contributed by atoms with Crippen LogP contribution < -0.4 is 15.4 Å². The molecule has 10 nitrogen and oxygen atoms in total. The number of ether oxygens (including phenoxy) is 1. The Labute approximate surface area is 212 Å². The Bertz CT molecular complexity index is 1690. The third-order valence-corrected chi connectivity index (χ3v) is 6.13. The third-order valence-electron chi connectivity index (χ3n) is 6.13. The van der Waals surface area contributed by atoms with Crippen molar-refractivity contribution in [1.82, 2.24) is 29.5 Å². The Balaban J connectivity index is 1.48. The van der Waals surface area contributed by atoms with Crippen LogP contribution in [0.25, 0.3) is 33.5 Å². The number of anilines is 2. The molecule has 0 atom stereocenters. The summed E-state index contributed by atoms with van der Waals surface area (Å²) in [6.07, 6.45) is 4.39. The van der Waals surface area contributed by atoms with Crippen LogP contribution in [0.15, 0.2) is 67.6 Å². The highest BCUT2D eigenvalue weighted by molar-refractivity contribution is 6.08. The lowest BCUT2D eigenvalue weighted by Crippen LogP contribution is -2.07. The minimum atomic E-state index is -0.266. The van der Waals surface area contributed by atoms with Crippen molar-refractivity contribution in [2.45, 2.75) is 13.5 Å². The van der Waals surface area contributed by atoms with Crippen LogP contribution >= 0.6 is 0 Å². The molecule has 0 unspecified atom stereocenters. The summed E-state index contributed by atoms with van der Waals surface area (Å²) in [6.45, 7) is 5.82. The normalized spacial score (nSPS) is 11.8. The molecule has 0 spiro atoms. The minimum Gasteiger partial charge on any atom is -0.419 e. The molecule has 0 aliphatic carbocycles. The molecular formula is C27H22N8O2. The highest BCUT2D eigenvalue weighted by atomic mass is 16.5. The summed E-state index contributed by atoms with van der Waals surface area (Å²) < 4.78 is 7.92. The van der Waals surface area contributed by atoms with Crippen molar-refractivity contribution in [3.05, 3.63) is 79.0 Å². The van der Waals surface area contributed by atoms with Gasteiger partial charge in [0.2, 0.25) is 17.7 Å². The molecule has 1 aromatic carbocycles. The van der Waals surface area contributed by atoms with Crippen LogP contribution in [0, 0.1) is 6.92 Å². The molecule has 1 amide bonds. The van der Waals surface area contributed by atoms with Crippen LogP contribution in [0.1, 0.15) is 11.4 Å². The summed E-state index contributed by atoms with van der Waals surface area (Å²) in [5.74, 6) is 1.25. The Hall–Kier alpha value is -5.12. The number of carbonyl (C=O) groups excluding carboxylic acids is 1. The van der Waals surface area contributed by atoms with Crippen LogP contribution in [0.2, 0.25) is 0 Å². The van der Waals surface area contributed by atoms with Gasteiger partial charge < -0.3 is 19.9 Å². The summed E-state index contributed by atoms with van der Waals surface area (Å²) in [5.41, 5.74) is 6.44. The summed E-state index contributed by atoms with van der Waals surface area (Å²) >= 11 is 0. The molecule has 5 aromatic rings. The predicted octanol–water partition coefficient (Wildman–Crippen LogP) is 4.64. The first-order valence-electron chi connectivity index (χ1n) is 11.6. The van der Waals surface area contributed by atoms with E-state index in [2.05, 4.69) is 32.2 Å². The van der Waals surface area contributed by atoms with E-state index in [4.69, 9.17) is 14.7 Å². The van der Waals surface area contributed by atoms with Crippen molar-refractivity contribution in [2.24, 2.45) is 7.05 Å². The van der Waals surface area contributed by atoms with Crippen molar-refractivity contribution >= 4 is 28.4 Å². The summed E-state index contributed by atoms with van der Waals surface area (Å²) in [5, 5.41) is 7.02. The number of amides is 1. The van der Waals surface area contributed by atoms with Gasteiger partial charge in [-0.1, -0.05) is 24.8 Å². The van der Waals surface area contributed by atoms with Gasteiger partial charge in [-0.05, 0) is 36.8 Å². The number of carbonyl (C=O) groups is 1. The van der Waals surface area contributed by atoms with Crippen molar-refractivity contribution < 1.29 is 9.53 Å². The van der Waals surface area contributed by atoms with Gasteiger partial charge in [0.25, 0.3) is 0 Å². The molecule has 37 heavy (non-hydrogen) atoms. The van der Waals surface area contributed by atoms with Gasteiger partial charge in [-0.15, -0.1) is 0 Å². The second kappa shape index (κ2) is 8.83. The van der Waals surface area contributed by atoms with Crippen LogP contribution in [-0.2, 0) is 18.4 Å². The van der Waals surface area contributed by atoms with Gasteiger partial charge >= 0.3 is 0 Å². The van der Waals surface area contributed by atoms with E-state index in [-0.39, 0.29) is 5.91 Å². The zero-order valence-corrected chi connectivity index (χ0v) is 20.2. The molecule has 4 aromatic heterocycles. The SMILES string of the molecule is C=CC(=O)Nc1ccc(-c2c3c4c(ncnc4n2C)NCc2nc(Oc4cccc(C)n4)cnc2-3)cc1. The standard InChI is InChI=1S/C27H22N8O2/c1-4-19(36)33-17-10-8-16(9-11-17)25-22-23-26(30-14-31-27(23)35(25)3)29-12-18-24(22)28-13-21(34-18)37-20-7-5-6-15(2)32-20/h4-11,13-14H,1,12H2,2-3H3,(H,33,36)(H,29,30,31). The quantitative estimate of drug-likeness (QED) is 0.342. The monoisotopic (exact) mass is 490 g/mol. The topological polar surface area (TPSA) is 120 Å². The minimum absolute atomic E-state index is 0.266. The summed E-state index contributed by atoms with van der Waals surface area (Å²) in [6, 6.07) is 13.2. The van der Waals surface area contributed by atoms with Crippen LogP contribution in [0.3, 0.4) is 0 Å². The van der Waals surface area contributed by atoms with E-state index in [1.807, 2.05) is 54.9 Å². The van der Waals surface area contributed by atoms with E-state index < -0.39 is 0 Å². The second-order valence-electron chi connectivity index (χ2n) is 8.55. The van der Waals surface area contributed by atoms with Gasteiger partial charge in [-0.2, -0.15) is 0 Å². The number of hydrogen-bond acceptors (Lipinski definition) is 8. The molecule has 182 valence electrons. The third kappa shape index (κ3) is 3.94. The molecule has 2 N–H and O–H groups in total. The predicted molar refractivity (Wildman–Crippen MR) is 140 cm³/mol. The Kier molecular flexibility index (Phi) is 5.33. The van der Waals surface area contributed by atoms with Gasteiger partial charge in [0, 0.05) is 30.1 Å². The molecule has 10 heteroatoms. The molecule has 0 bridgehead atoms. The number of fused-ring (bicyclic) bond motifs is 2. The van der Waals surface area contributed by atoms with Crippen molar-refractivity contribution in [3.63, 3.8) is 0 Å². The number of rotatable bonds is 5. The second-order valence-corrected chi connectivity index (χ2v) is 8.55. The molecule has 0 saturated heterocycles. The van der Waals surface area contributed by atoms with E-state index >= 15 is 0 Å². The summed E-state index contributed by atoms with van der Waals surface area (Å²) in [4.78, 5) is 34.7. The first-order chi connectivity index (χ1) is 18.0. The van der Waals surface area contributed by atoms with E-state index in [0.717, 1.165) is 39.2 Å². The van der Waals surface area contributed by atoms with Crippen molar-refractivity contribution in [1.29, 1.82) is 0 Å². The van der Waals surface area contributed by atoms with Gasteiger partial charge in [-0.3, -0.25) is 4.79 Å². The fourth-order valence-corrected chi connectivity index (χ4v) is 4.50. The fraction of sp³-hybridized carbons (Fsp3) is 0.111. The maximum Gasteiger partial charge on any atom is 0.247 e. The molecule has 0 radical (unpaired) electrons. The number of pyridine rings is 1.